The van der Waals surface area contributed by atoms with E-state index in [1.165, 1.54) is 0 Å². The lowest BCUT2D eigenvalue weighted by Gasteiger charge is -2.31. The van der Waals surface area contributed by atoms with Crippen LogP contribution in [0, 0.1) is 0 Å². The molecule has 2 saturated heterocycles. The Labute approximate surface area is 94.5 Å². The first-order valence-electron chi connectivity index (χ1n) is 5.29. The molecule has 2 fully saturated rings. The van der Waals surface area contributed by atoms with Gasteiger partial charge in [0.1, 0.15) is 0 Å². The predicted molar refractivity (Wildman–Crippen MR) is 59.6 cm³/mol. The lowest BCUT2D eigenvalue weighted by atomic mass is 10.0. The third-order valence-electron chi connectivity index (χ3n) is 3.12. The zero-order chi connectivity index (χ0) is 10.6. The molecule has 2 atom stereocenters. The van der Waals surface area contributed by atoms with Gasteiger partial charge in [-0.2, -0.15) is 0 Å². The molecule has 0 saturated carbocycles. The molecule has 2 aliphatic rings. The highest BCUT2D eigenvalue weighted by atomic mass is 79.9. The summed E-state index contributed by atoms with van der Waals surface area (Å²) >= 11 is 3.70. The van der Waals surface area contributed by atoms with Gasteiger partial charge in [0, 0.05) is 6.42 Å². The summed E-state index contributed by atoms with van der Waals surface area (Å²) in [5, 5.41) is 0. The molecular formula is C11H19BrO2. The Bertz CT molecular complexity index is 246. The Morgan fingerprint density at radius 2 is 1.57 bits per heavy atom. The van der Waals surface area contributed by atoms with Crippen LogP contribution >= 0.6 is 15.9 Å². The monoisotopic (exact) mass is 262 g/mol. The summed E-state index contributed by atoms with van der Waals surface area (Å²) < 4.78 is 12.2. The Balaban J connectivity index is 2.19. The van der Waals surface area contributed by atoms with Crippen LogP contribution in [-0.4, -0.2) is 21.8 Å². The Morgan fingerprint density at radius 3 is 1.93 bits per heavy atom. The van der Waals surface area contributed by atoms with Crippen molar-refractivity contribution in [3.05, 3.63) is 0 Å². The van der Waals surface area contributed by atoms with Crippen LogP contribution in [0.1, 0.15) is 47.0 Å². The van der Waals surface area contributed by atoms with E-state index in [0.29, 0.717) is 4.83 Å². The molecule has 1 spiro atoms. The molecular weight excluding hydrogens is 244 g/mol. The first-order chi connectivity index (χ1) is 6.25. The summed E-state index contributed by atoms with van der Waals surface area (Å²) in [6.45, 7) is 8.53. The summed E-state index contributed by atoms with van der Waals surface area (Å²) in [6.07, 6.45) is 3.09. The van der Waals surface area contributed by atoms with E-state index in [-0.39, 0.29) is 17.0 Å². The molecule has 0 aliphatic carbocycles. The van der Waals surface area contributed by atoms with Gasteiger partial charge < -0.3 is 9.47 Å². The minimum Gasteiger partial charge on any atom is -0.343 e. The molecule has 2 nitrogen and oxygen atoms in total. The van der Waals surface area contributed by atoms with E-state index < -0.39 is 0 Å². The van der Waals surface area contributed by atoms with Gasteiger partial charge in [0.15, 0.2) is 5.79 Å². The van der Waals surface area contributed by atoms with Crippen LogP contribution in [0.5, 0.6) is 0 Å². The summed E-state index contributed by atoms with van der Waals surface area (Å²) in [6, 6.07) is 0. The fourth-order valence-electron chi connectivity index (χ4n) is 2.50. The third kappa shape index (κ3) is 1.74. The topological polar surface area (TPSA) is 18.5 Å². The van der Waals surface area contributed by atoms with Crippen molar-refractivity contribution in [1.82, 2.24) is 0 Å². The van der Waals surface area contributed by atoms with Gasteiger partial charge >= 0.3 is 0 Å². The molecule has 2 aliphatic heterocycles. The molecule has 2 heterocycles. The maximum Gasteiger partial charge on any atom is 0.182 e. The molecule has 0 unspecified atom stereocenters. The van der Waals surface area contributed by atoms with Crippen LogP contribution in [0.3, 0.4) is 0 Å². The first kappa shape index (κ1) is 10.9. The summed E-state index contributed by atoms with van der Waals surface area (Å²) in [7, 11) is 0. The van der Waals surface area contributed by atoms with Crippen LogP contribution in [0.2, 0.25) is 0 Å². The normalized spacial score (nSPS) is 44.8. The largest absolute Gasteiger partial charge is 0.343 e. The van der Waals surface area contributed by atoms with E-state index in [1.54, 1.807) is 0 Å². The summed E-state index contributed by atoms with van der Waals surface area (Å²) in [5.41, 5.74) is -0.0962. The molecule has 0 aromatic heterocycles. The van der Waals surface area contributed by atoms with Gasteiger partial charge in [-0.05, 0) is 40.5 Å². The highest BCUT2D eigenvalue weighted by Crippen LogP contribution is 2.51. The van der Waals surface area contributed by atoms with E-state index in [9.17, 15) is 0 Å². The van der Waals surface area contributed by atoms with Crippen molar-refractivity contribution in [3.63, 3.8) is 0 Å². The van der Waals surface area contributed by atoms with Crippen LogP contribution in [0.15, 0.2) is 0 Å². The third-order valence-corrected chi connectivity index (χ3v) is 4.14. The zero-order valence-corrected chi connectivity index (χ0v) is 11.0. The molecule has 0 radical (unpaired) electrons. The Morgan fingerprint density at radius 1 is 1.00 bits per heavy atom. The standard InChI is InChI=1S/C11H19BrO2/c1-9(2)5-6-11(13-9)8(12)7-10(3,4)14-11/h8H,5-7H2,1-4H3/t8-,11+/m0/s1. The Kier molecular flexibility index (Phi) is 2.30. The van der Waals surface area contributed by atoms with Gasteiger partial charge in [0.2, 0.25) is 0 Å². The zero-order valence-electron chi connectivity index (χ0n) is 9.39. The van der Waals surface area contributed by atoms with E-state index in [1.807, 2.05) is 0 Å². The molecule has 0 aromatic rings. The predicted octanol–water partition coefficient (Wildman–Crippen LogP) is 3.23. The van der Waals surface area contributed by atoms with Crippen molar-refractivity contribution < 1.29 is 9.47 Å². The molecule has 0 bridgehead atoms. The van der Waals surface area contributed by atoms with Crippen LogP contribution < -0.4 is 0 Å². The van der Waals surface area contributed by atoms with Crippen molar-refractivity contribution >= 4 is 15.9 Å². The molecule has 2 rings (SSSR count). The SMILES string of the molecule is CC1(C)CC[C@@]2(O1)OC(C)(C)C[C@@H]2Br. The lowest BCUT2D eigenvalue weighted by molar-refractivity contribution is -0.248. The van der Waals surface area contributed by atoms with Crippen molar-refractivity contribution in [3.8, 4) is 0 Å². The molecule has 0 amide bonds. The number of ether oxygens (including phenoxy) is 2. The molecule has 3 heteroatoms. The van der Waals surface area contributed by atoms with Crippen molar-refractivity contribution in [2.45, 2.75) is 68.8 Å². The number of hydrogen-bond donors (Lipinski definition) is 0. The van der Waals surface area contributed by atoms with Crippen LogP contribution in [0.4, 0.5) is 0 Å². The number of rotatable bonds is 0. The van der Waals surface area contributed by atoms with Gasteiger partial charge in [-0.25, -0.2) is 0 Å². The summed E-state index contributed by atoms with van der Waals surface area (Å²) in [5.74, 6) is -0.368. The van der Waals surface area contributed by atoms with Gasteiger partial charge in [0.25, 0.3) is 0 Å². The van der Waals surface area contributed by atoms with E-state index >= 15 is 0 Å². The second-order valence-electron chi connectivity index (χ2n) is 5.71. The maximum atomic E-state index is 6.08. The number of halogens is 1. The van der Waals surface area contributed by atoms with Gasteiger partial charge in [-0.1, -0.05) is 15.9 Å². The molecule has 14 heavy (non-hydrogen) atoms. The van der Waals surface area contributed by atoms with E-state index in [4.69, 9.17) is 9.47 Å². The second-order valence-corrected chi connectivity index (χ2v) is 6.81. The fraction of sp³-hybridized carbons (Fsp3) is 1.00. The average Bonchev–Trinajstić information content (AvgIpc) is 2.34. The van der Waals surface area contributed by atoms with Gasteiger partial charge in [-0.3, -0.25) is 0 Å². The molecule has 0 aromatic carbocycles. The quantitative estimate of drug-likeness (QED) is 0.625. The van der Waals surface area contributed by atoms with E-state index in [0.717, 1.165) is 19.3 Å². The minimum atomic E-state index is -0.368. The Hall–Kier alpha value is 0.400. The van der Waals surface area contributed by atoms with Crippen molar-refractivity contribution in [2.75, 3.05) is 0 Å². The number of hydrogen-bond acceptors (Lipinski definition) is 2. The minimum absolute atomic E-state index is 0.0353. The van der Waals surface area contributed by atoms with Crippen LogP contribution in [-0.2, 0) is 9.47 Å². The highest BCUT2D eigenvalue weighted by Gasteiger charge is 2.57. The highest BCUT2D eigenvalue weighted by molar-refractivity contribution is 9.09. The maximum absolute atomic E-state index is 6.08. The van der Waals surface area contributed by atoms with Crippen molar-refractivity contribution in [2.24, 2.45) is 0 Å². The first-order valence-corrected chi connectivity index (χ1v) is 6.21. The second kappa shape index (κ2) is 2.96. The van der Waals surface area contributed by atoms with Gasteiger partial charge in [-0.15, -0.1) is 0 Å². The number of alkyl halides is 1. The molecule has 82 valence electrons. The van der Waals surface area contributed by atoms with Crippen molar-refractivity contribution in [1.29, 1.82) is 0 Å². The summed E-state index contributed by atoms with van der Waals surface area (Å²) in [4.78, 5) is 0.326. The van der Waals surface area contributed by atoms with Gasteiger partial charge in [0.05, 0.1) is 16.0 Å². The molecule has 0 N–H and O–H groups in total. The van der Waals surface area contributed by atoms with Crippen LogP contribution in [0.25, 0.3) is 0 Å². The average molecular weight is 263 g/mol. The fourth-order valence-corrected chi connectivity index (χ4v) is 3.69. The van der Waals surface area contributed by atoms with E-state index in [2.05, 4.69) is 43.6 Å². The smallest absolute Gasteiger partial charge is 0.182 e. The lowest BCUT2D eigenvalue weighted by Crippen LogP contribution is -2.39.